The average molecular weight is 237 g/mol. The summed E-state index contributed by atoms with van der Waals surface area (Å²) in [6.45, 7) is 13.1. The maximum Gasteiger partial charge on any atom is 0.408 e. The normalized spacial score (nSPS) is 14.5. The number of hydrogen-bond donors (Lipinski definition) is 1. The summed E-state index contributed by atoms with van der Waals surface area (Å²) in [5, 5.41) is 2.75. The zero-order chi connectivity index (χ0) is 13.5. The minimum Gasteiger partial charge on any atom is -0.442 e. The topological polar surface area (TPSA) is 38.3 Å². The predicted molar refractivity (Wildman–Crippen MR) is 71.9 cm³/mol. The smallest absolute Gasteiger partial charge is 0.408 e. The summed E-state index contributed by atoms with van der Waals surface area (Å²) in [5.74, 6) is 0. The molecule has 1 atom stereocenters. The number of amides is 1. The summed E-state index contributed by atoms with van der Waals surface area (Å²) in [4.78, 5) is 11.6. The predicted octanol–water partition coefficient (Wildman–Crippen LogP) is 3.59. The van der Waals surface area contributed by atoms with Crippen LogP contribution in [0.3, 0.4) is 0 Å². The van der Waals surface area contributed by atoms with Crippen molar-refractivity contribution in [1.29, 1.82) is 0 Å². The minimum absolute atomic E-state index is 0.292. The van der Waals surface area contributed by atoms with E-state index in [0.717, 1.165) is 5.57 Å². The fourth-order valence-electron chi connectivity index (χ4n) is 1.22. The molecule has 0 heterocycles. The Bertz CT molecular complexity index is 322. The highest BCUT2D eigenvalue weighted by atomic mass is 16.6. The summed E-state index contributed by atoms with van der Waals surface area (Å²) in [7, 11) is 0. The van der Waals surface area contributed by atoms with E-state index < -0.39 is 6.09 Å². The summed E-state index contributed by atoms with van der Waals surface area (Å²) in [6, 6.07) is 0. The molecule has 0 spiro atoms. The number of ether oxygens (including phenoxy) is 1. The molecule has 1 unspecified atom stereocenters. The standard InChI is InChI=1S/C14H23NO2/c1-7-9-12(10-8-2)11(3)17-13(16)15-14(4,5)6/h7-11H,1H2,2-6H3,(H,15,16)/b10-8-,12-9+. The van der Waals surface area contributed by atoms with Crippen molar-refractivity contribution in [2.75, 3.05) is 0 Å². The van der Waals surface area contributed by atoms with E-state index in [4.69, 9.17) is 4.74 Å². The van der Waals surface area contributed by atoms with Gasteiger partial charge in [-0.1, -0.05) is 30.9 Å². The van der Waals surface area contributed by atoms with E-state index in [9.17, 15) is 4.79 Å². The zero-order valence-electron chi connectivity index (χ0n) is 11.4. The SMILES string of the molecule is C=C/C=C(\C=C/C)C(C)OC(=O)NC(C)(C)C. The maximum absolute atomic E-state index is 11.6. The highest BCUT2D eigenvalue weighted by Crippen LogP contribution is 2.10. The van der Waals surface area contributed by atoms with Crippen LogP contribution in [0.4, 0.5) is 4.79 Å². The average Bonchev–Trinajstić information content (AvgIpc) is 2.14. The third-order valence-corrected chi connectivity index (χ3v) is 1.90. The van der Waals surface area contributed by atoms with Gasteiger partial charge >= 0.3 is 6.09 Å². The molecule has 0 aromatic heterocycles. The van der Waals surface area contributed by atoms with E-state index in [0.29, 0.717) is 0 Å². The highest BCUT2D eigenvalue weighted by Gasteiger charge is 2.17. The van der Waals surface area contributed by atoms with Crippen LogP contribution in [0.15, 0.2) is 36.5 Å². The molecule has 0 fully saturated rings. The molecular formula is C14H23NO2. The first-order chi connectivity index (χ1) is 7.80. The number of nitrogens with one attached hydrogen (secondary N) is 1. The van der Waals surface area contributed by atoms with Crippen molar-refractivity contribution in [3.63, 3.8) is 0 Å². The lowest BCUT2D eigenvalue weighted by atomic mass is 10.1. The molecule has 0 bridgehead atoms. The van der Waals surface area contributed by atoms with Gasteiger partial charge < -0.3 is 10.1 Å². The molecule has 0 aromatic rings. The largest absolute Gasteiger partial charge is 0.442 e. The van der Waals surface area contributed by atoms with Gasteiger partial charge in [0.25, 0.3) is 0 Å². The van der Waals surface area contributed by atoms with Crippen LogP contribution < -0.4 is 5.32 Å². The van der Waals surface area contributed by atoms with Crippen LogP contribution in [-0.2, 0) is 4.74 Å². The lowest BCUT2D eigenvalue weighted by Gasteiger charge is -2.22. The minimum atomic E-state index is -0.413. The molecule has 3 nitrogen and oxygen atoms in total. The van der Waals surface area contributed by atoms with Gasteiger partial charge in [0.05, 0.1) is 0 Å². The second-order valence-corrected chi connectivity index (χ2v) is 4.82. The monoisotopic (exact) mass is 237 g/mol. The molecule has 0 saturated carbocycles. The number of rotatable bonds is 4. The molecule has 0 aliphatic heterocycles. The summed E-state index contributed by atoms with van der Waals surface area (Å²) < 4.78 is 5.28. The van der Waals surface area contributed by atoms with Gasteiger partial charge in [-0.05, 0) is 40.2 Å². The van der Waals surface area contributed by atoms with Crippen molar-refractivity contribution in [3.05, 3.63) is 36.5 Å². The Morgan fingerprint density at radius 2 is 2.00 bits per heavy atom. The number of carbonyl (C=O) groups excluding carboxylic acids is 1. The molecule has 0 radical (unpaired) electrons. The molecule has 1 N–H and O–H groups in total. The van der Waals surface area contributed by atoms with Crippen LogP contribution in [0.25, 0.3) is 0 Å². The fraction of sp³-hybridized carbons (Fsp3) is 0.500. The van der Waals surface area contributed by atoms with Crippen molar-refractivity contribution in [2.24, 2.45) is 0 Å². The van der Waals surface area contributed by atoms with Gasteiger partial charge in [-0.15, -0.1) is 0 Å². The van der Waals surface area contributed by atoms with Crippen LogP contribution in [-0.4, -0.2) is 17.7 Å². The number of carbonyl (C=O) groups is 1. The molecule has 0 aromatic carbocycles. The van der Waals surface area contributed by atoms with E-state index in [2.05, 4.69) is 11.9 Å². The third kappa shape index (κ3) is 7.39. The number of allylic oxidation sites excluding steroid dienone is 3. The van der Waals surface area contributed by atoms with Crippen molar-refractivity contribution in [3.8, 4) is 0 Å². The lowest BCUT2D eigenvalue weighted by molar-refractivity contribution is 0.116. The molecule has 0 aliphatic carbocycles. The summed E-state index contributed by atoms with van der Waals surface area (Å²) in [5.41, 5.74) is 0.617. The van der Waals surface area contributed by atoms with Gasteiger partial charge in [-0.25, -0.2) is 4.79 Å². The molecule has 0 saturated heterocycles. The van der Waals surface area contributed by atoms with Crippen LogP contribution in [0.1, 0.15) is 34.6 Å². The van der Waals surface area contributed by atoms with Gasteiger partial charge in [0.15, 0.2) is 0 Å². The molecule has 3 heteroatoms. The quantitative estimate of drug-likeness (QED) is 0.759. The Morgan fingerprint density at radius 1 is 1.41 bits per heavy atom. The number of hydrogen-bond acceptors (Lipinski definition) is 2. The third-order valence-electron chi connectivity index (χ3n) is 1.90. The van der Waals surface area contributed by atoms with Gasteiger partial charge in [-0.3, -0.25) is 0 Å². The molecule has 0 aliphatic rings. The van der Waals surface area contributed by atoms with E-state index in [1.54, 1.807) is 6.08 Å². The van der Waals surface area contributed by atoms with E-state index in [-0.39, 0.29) is 11.6 Å². The van der Waals surface area contributed by atoms with Crippen molar-refractivity contribution >= 4 is 6.09 Å². The van der Waals surface area contributed by atoms with Crippen molar-refractivity contribution in [2.45, 2.75) is 46.3 Å². The Kier molecular flexibility index (Phi) is 6.33. The van der Waals surface area contributed by atoms with Crippen LogP contribution in [0.5, 0.6) is 0 Å². The van der Waals surface area contributed by atoms with E-state index in [1.807, 2.05) is 52.8 Å². The second-order valence-electron chi connectivity index (χ2n) is 4.82. The van der Waals surface area contributed by atoms with Gasteiger partial charge in [0.2, 0.25) is 0 Å². The molecule has 1 amide bonds. The Morgan fingerprint density at radius 3 is 2.41 bits per heavy atom. The van der Waals surface area contributed by atoms with Crippen molar-refractivity contribution in [1.82, 2.24) is 5.32 Å². The van der Waals surface area contributed by atoms with Crippen LogP contribution in [0.2, 0.25) is 0 Å². The zero-order valence-corrected chi connectivity index (χ0v) is 11.4. The van der Waals surface area contributed by atoms with E-state index in [1.165, 1.54) is 0 Å². The highest BCUT2D eigenvalue weighted by molar-refractivity contribution is 5.68. The van der Waals surface area contributed by atoms with Crippen molar-refractivity contribution < 1.29 is 9.53 Å². The summed E-state index contributed by atoms with van der Waals surface area (Å²) in [6.07, 6.45) is 6.59. The Balaban J connectivity index is 4.51. The van der Waals surface area contributed by atoms with E-state index >= 15 is 0 Å². The molecule has 0 rings (SSSR count). The first kappa shape index (κ1) is 15.5. The first-order valence-electron chi connectivity index (χ1n) is 5.74. The molecule has 17 heavy (non-hydrogen) atoms. The van der Waals surface area contributed by atoms with Gasteiger partial charge in [0.1, 0.15) is 6.10 Å². The van der Waals surface area contributed by atoms with Crippen LogP contribution >= 0.6 is 0 Å². The van der Waals surface area contributed by atoms with Gasteiger partial charge in [0, 0.05) is 5.54 Å². The Hall–Kier alpha value is -1.51. The lowest BCUT2D eigenvalue weighted by Crippen LogP contribution is -2.42. The molecular weight excluding hydrogens is 214 g/mol. The van der Waals surface area contributed by atoms with Crippen LogP contribution in [0, 0.1) is 0 Å². The Labute approximate surface area is 104 Å². The maximum atomic E-state index is 11.6. The second kappa shape index (κ2) is 6.94. The first-order valence-corrected chi connectivity index (χ1v) is 5.74. The molecule has 96 valence electrons. The number of alkyl carbamates (subject to hydrolysis) is 1. The van der Waals surface area contributed by atoms with Gasteiger partial charge in [-0.2, -0.15) is 0 Å². The summed E-state index contributed by atoms with van der Waals surface area (Å²) >= 11 is 0. The fourth-order valence-corrected chi connectivity index (χ4v) is 1.22.